The van der Waals surface area contributed by atoms with Gasteiger partial charge >= 0.3 is 5.97 Å². The lowest BCUT2D eigenvalue weighted by molar-refractivity contribution is -0.131. The standard InChI is InChI=1S/C30H33NO3/c1-23-9-5-6-10-26(23)19-20-31-29(32)22-25-17-15-24(16-18-25)21-28(13-7-8-14-30(33)34)27-11-3-2-4-12-27/h2-6,8-12,14-18,28H,7,13,19-22H2,1H3,(H,31,32)(H,33,34)/b14-8+. The maximum atomic E-state index is 12.4. The molecule has 0 aromatic heterocycles. The number of carboxylic acids is 1. The van der Waals surface area contributed by atoms with Crippen LogP contribution in [-0.2, 0) is 28.9 Å². The van der Waals surface area contributed by atoms with E-state index in [-0.39, 0.29) is 5.91 Å². The predicted molar refractivity (Wildman–Crippen MR) is 137 cm³/mol. The summed E-state index contributed by atoms with van der Waals surface area (Å²) in [7, 11) is 0. The van der Waals surface area contributed by atoms with Crippen molar-refractivity contribution < 1.29 is 14.7 Å². The van der Waals surface area contributed by atoms with E-state index >= 15 is 0 Å². The minimum absolute atomic E-state index is 0.0358. The van der Waals surface area contributed by atoms with E-state index in [0.29, 0.717) is 25.3 Å². The van der Waals surface area contributed by atoms with E-state index < -0.39 is 5.97 Å². The summed E-state index contributed by atoms with van der Waals surface area (Å²) < 4.78 is 0. The molecule has 4 heteroatoms. The summed E-state index contributed by atoms with van der Waals surface area (Å²) in [6, 6.07) is 26.8. The molecule has 2 N–H and O–H groups in total. The van der Waals surface area contributed by atoms with Crippen LogP contribution in [0.5, 0.6) is 0 Å². The lowest BCUT2D eigenvalue weighted by Crippen LogP contribution is -2.27. The van der Waals surface area contributed by atoms with Crippen molar-refractivity contribution in [1.29, 1.82) is 0 Å². The number of allylic oxidation sites excluding steroid dienone is 1. The molecule has 176 valence electrons. The number of aliphatic carboxylic acids is 1. The number of carboxylic acid groups (broad SMARTS) is 1. The normalized spacial score (nSPS) is 11.9. The minimum Gasteiger partial charge on any atom is -0.478 e. The first-order valence-electron chi connectivity index (χ1n) is 11.8. The molecule has 1 unspecified atom stereocenters. The second kappa shape index (κ2) is 13.1. The molecule has 0 aliphatic rings. The summed E-state index contributed by atoms with van der Waals surface area (Å²) in [6.07, 6.45) is 6.59. The van der Waals surface area contributed by atoms with Crippen molar-refractivity contribution in [3.8, 4) is 0 Å². The summed E-state index contributed by atoms with van der Waals surface area (Å²) in [5.74, 6) is -0.574. The molecule has 0 heterocycles. The Morgan fingerprint density at radius 2 is 1.59 bits per heavy atom. The van der Waals surface area contributed by atoms with Crippen molar-refractivity contribution in [2.75, 3.05) is 6.54 Å². The molecule has 0 bridgehead atoms. The molecule has 0 radical (unpaired) electrons. The van der Waals surface area contributed by atoms with Crippen LogP contribution in [0.25, 0.3) is 0 Å². The molecule has 4 nitrogen and oxygen atoms in total. The Bertz CT molecular complexity index is 1090. The van der Waals surface area contributed by atoms with Crippen LogP contribution in [0.4, 0.5) is 0 Å². The van der Waals surface area contributed by atoms with Gasteiger partial charge in [-0.1, -0.05) is 84.9 Å². The molecule has 0 saturated carbocycles. The molecule has 3 aromatic carbocycles. The second-order valence-electron chi connectivity index (χ2n) is 8.65. The summed E-state index contributed by atoms with van der Waals surface area (Å²) >= 11 is 0. The summed E-state index contributed by atoms with van der Waals surface area (Å²) in [5.41, 5.74) is 5.97. The molecule has 3 rings (SSSR count). The fourth-order valence-electron chi connectivity index (χ4n) is 4.15. The van der Waals surface area contributed by atoms with Crippen LogP contribution >= 0.6 is 0 Å². The number of carbonyl (C=O) groups excluding carboxylic acids is 1. The predicted octanol–water partition coefficient (Wildman–Crippen LogP) is 5.64. The fourth-order valence-corrected chi connectivity index (χ4v) is 4.15. The number of carbonyl (C=O) groups is 2. The molecule has 34 heavy (non-hydrogen) atoms. The first-order chi connectivity index (χ1) is 16.5. The van der Waals surface area contributed by atoms with Crippen molar-refractivity contribution in [2.45, 2.75) is 44.9 Å². The molecule has 0 fully saturated rings. The van der Waals surface area contributed by atoms with Crippen LogP contribution in [-0.4, -0.2) is 23.5 Å². The van der Waals surface area contributed by atoms with E-state index in [9.17, 15) is 9.59 Å². The number of benzene rings is 3. The third-order valence-corrected chi connectivity index (χ3v) is 6.06. The number of rotatable bonds is 12. The van der Waals surface area contributed by atoms with Crippen LogP contribution in [0.3, 0.4) is 0 Å². The Morgan fingerprint density at radius 1 is 0.912 bits per heavy atom. The van der Waals surface area contributed by atoms with Gasteiger partial charge in [0.05, 0.1) is 6.42 Å². The second-order valence-corrected chi connectivity index (χ2v) is 8.65. The van der Waals surface area contributed by atoms with E-state index in [0.717, 1.165) is 24.8 Å². The van der Waals surface area contributed by atoms with Gasteiger partial charge in [0.25, 0.3) is 0 Å². The zero-order valence-corrected chi connectivity index (χ0v) is 19.7. The third-order valence-electron chi connectivity index (χ3n) is 6.06. The summed E-state index contributed by atoms with van der Waals surface area (Å²) in [4.78, 5) is 23.1. The van der Waals surface area contributed by atoms with Crippen molar-refractivity contribution >= 4 is 11.9 Å². The number of aryl methyl sites for hydroxylation is 1. The van der Waals surface area contributed by atoms with Crippen LogP contribution < -0.4 is 5.32 Å². The van der Waals surface area contributed by atoms with Crippen molar-refractivity contribution in [2.24, 2.45) is 0 Å². The van der Waals surface area contributed by atoms with Gasteiger partial charge in [-0.05, 0) is 66.3 Å². The van der Waals surface area contributed by atoms with Crippen LogP contribution in [0.1, 0.15) is 46.6 Å². The zero-order valence-electron chi connectivity index (χ0n) is 19.7. The van der Waals surface area contributed by atoms with E-state index in [2.05, 4.69) is 48.6 Å². The first-order valence-corrected chi connectivity index (χ1v) is 11.8. The van der Waals surface area contributed by atoms with E-state index in [1.165, 1.54) is 28.3 Å². The van der Waals surface area contributed by atoms with Gasteiger partial charge < -0.3 is 10.4 Å². The smallest absolute Gasteiger partial charge is 0.327 e. The van der Waals surface area contributed by atoms with Crippen LogP contribution in [0.15, 0.2) is 91.0 Å². The van der Waals surface area contributed by atoms with Crippen molar-refractivity contribution in [1.82, 2.24) is 5.32 Å². The van der Waals surface area contributed by atoms with E-state index in [1.54, 1.807) is 6.08 Å². The molecule has 1 atom stereocenters. The maximum Gasteiger partial charge on any atom is 0.327 e. The quantitative estimate of drug-likeness (QED) is 0.347. The summed E-state index contributed by atoms with van der Waals surface area (Å²) in [5, 5.41) is 11.8. The fraction of sp³-hybridized carbons (Fsp3) is 0.267. The molecule has 3 aromatic rings. The lowest BCUT2D eigenvalue weighted by Gasteiger charge is -2.17. The largest absolute Gasteiger partial charge is 0.478 e. The topological polar surface area (TPSA) is 66.4 Å². The Kier molecular flexibility index (Phi) is 9.65. The van der Waals surface area contributed by atoms with Gasteiger partial charge in [-0.25, -0.2) is 4.79 Å². The average molecular weight is 456 g/mol. The molecular weight excluding hydrogens is 422 g/mol. The average Bonchev–Trinajstić information content (AvgIpc) is 2.84. The van der Waals surface area contributed by atoms with E-state index in [1.807, 2.05) is 42.5 Å². The number of amides is 1. The summed E-state index contributed by atoms with van der Waals surface area (Å²) in [6.45, 7) is 2.73. The Labute approximate surface area is 202 Å². The van der Waals surface area contributed by atoms with E-state index in [4.69, 9.17) is 5.11 Å². The third kappa shape index (κ3) is 8.36. The van der Waals surface area contributed by atoms with Gasteiger partial charge in [0, 0.05) is 12.6 Å². The molecule has 0 aliphatic heterocycles. The van der Waals surface area contributed by atoms with Gasteiger partial charge in [-0.3, -0.25) is 4.79 Å². The minimum atomic E-state index is -0.911. The SMILES string of the molecule is Cc1ccccc1CCNC(=O)Cc1ccc(CC(CC/C=C/C(=O)O)c2ccccc2)cc1. The van der Waals surface area contributed by atoms with Gasteiger partial charge in [0.1, 0.15) is 0 Å². The highest BCUT2D eigenvalue weighted by Gasteiger charge is 2.12. The van der Waals surface area contributed by atoms with Gasteiger partial charge in [-0.15, -0.1) is 0 Å². The Hall–Kier alpha value is -3.66. The lowest BCUT2D eigenvalue weighted by atomic mass is 9.88. The highest BCUT2D eigenvalue weighted by molar-refractivity contribution is 5.79. The van der Waals surface area contributed by atoms with Crippen LogP contribution in [0.2, 0.25) is 0 Å². The first kappa shape index (κ1) is 25.0. The molecular formula is C30H33NO3. The molecule has 0 aliphatic carbocycles. The molecule has 0 spiro atoms. The van der Waals surface area contributed by atoms with Gasteiger partial charge in [0.2, 0.25) is 5.91 Å². The zero-order chi connectivity index (χ0) is 24.2. The molecule has 0 saturated heterocycles. The van der Waals surface area contributed by atoms with Gasteiger partial charge in [0.15, 0.2) is 0 Å². The monoisotopic (exact) mass is 455 g/mol. The van der Waals surface area contributed by atoms with Gasteiger partial charge in [-0.2, -0.15) is 0 Å². The van der Waals surface area contributed by atoms with Crippen LogP contribution in [0, 0.1) is 6.92 Å². The highest BCUT2D eigenvalue weighted by Crippen LogP contribution is 2.26. The number of hydrogen-bond acceptors (Lipinski definition) is 2. The molecule has 1 amide bonds. The maximum absolute atomic E-state index is 12.4. The van der Waals surface area contributed by atoms with Crippen molar-refractivity contribution in [3.05, 3.63) is 119 Å². The Balaban J connectivity index is 1.52. The highest BCUT2D eigenvalue weighted by atomic mass is 16.4. The number of nitrogens with one attached hydrogen (secondary N) is 1. The Morgan fingerprint density at radius 3 is 2.29 bits per heavy atom. The number of hydrogen-bond donors (Lipinski definition) is 2. The van der Waals surface area contributed by atoms with Crippen molar-refractivity contribution in [3.63, 3.8) is 0 Å².